The van der Waals surface area contributed by atoms with E-state index in [0.717, 1.165) is 55.6 Å². The molecule has 0 fully saturated rings. The van der Waals surface area contributed by atoms with Crippen LogP contribution in [0.25, 0.3) is 0 Å². The fourth-order valence-electron chi connectivity index (χ4n) is 6.82. The Labute approximate surface area is 284 Å². The zero-order valence-electron chi connectivity index (χ0n) is 26.0. The van der Waals surface area contributed by atoms with E-state index in [1.165, 1.54) is 0 Å². The van der Waals surface area contributed by atoms with Crippen molar-refractivity contribution in [3.8, 4) is 0 Å². The molecule has 5 aromatic carbocycles. The minimum Gasteiger partial charge on any atom is -0.208 e. The van der Waals surface area contributed by atoms with Crippen LogP contribution in [0.1, 0.15) is 55.6 Å². The second-order valence-corrected chi connectivity index (χ2v) is 12.1. The summed E-state index contributed by atoms with van der Waals surface area (Å²) < 4.78 is 0. The molecule has 0 aromatic heterocycles. The molecule has 6 aliphatic heterocycles. The number of nitrogens with zero attached hydrogens (tertiary/aromatic N) is 10. The van der Waals surface area contributed by atoms with Gasteiger partial charge in [0, 0.05) is 55.6 Å². The lowest BCUT2D eigenvalue weighted by Gasteiger charge is -2.01. The molecule has 10 bridgehead atoms. The lowest BCUT2D eigenvalue weighted by Crippen LogP contribution is -2.02. The molecule has 50 heavy (non-hydrogen) atoms. The van der Waals surface area contributed by atoms with Gasteiger partial charge in [-0.1, -0.05) is 121 Å². The van der Waals surface area contributed by atoms with Gasteiger partial charge in [-0.15, -0.1) is 0 Å². The molecule has 5 aromatic rings. The standard InChI is InChI=1S/C40H20N10/c1-2-12-22-21(11-1)31-41-32(22)47-34-25-15-5-6-16-26(25)36(43-34)49-38-29-19-9-10-20-30(29)40(45-38)50-39-28-18-8-7-17-27(28)37(44-39)48-35-24-14-4-3-13-23(24)33(42-35)46-31/h1-20H. The zero-order chi connectivity index (χ0) is 32.8. The van der Waals surface area contributed by atoms with E-state index in [9.17, 15) is 0 Å². The monoisotopic (exact) mass is 640 g/mol. The molecule has 10 nitrogen and oxygen atoms in total. The number of rotatable bonds is 0. The summed E-state index contributed by atoms with van der Waals surface area (Å²) in [6.07, 6.45) is 0. The van der Waals surface area contributed by atoms with Crippen molar-refractivity contribution in [1.82, 2.24) is 0 Å². The van der Waals surface area contributed by atoms with Crippen LogP contribution in [0, 0.1) is 0 Å². The molecule has 0 N–H and O–H groups in total. The van der Waals surface area contributed by atoms with Crippen molar-refractivity contribution in [3.05, 3.63) is 177 Å². The molecule has 0 saturated heterocycles. The molecule has 0 unspecified atom stereocenters. The molecule has 10 heteroatoms. The van der Waals surface area contributed by atoms with Crippen LogP contribution in [0.3, 0.4) is 0 Å². The lowest BCUT2D eigenvalue weighted by atomic mass is 10.1. The minimum absolute atomic E-state index is 0.516. The van der Waals surface area contributed by atoms with Crippen molar-refractivity contribution in [2.75, 3.05) is 0 Å². The Kier molecular flexibility index (Phi) is 5.44. The predicted octanol–water partition coefficient (Wildman–Crippen LogP) is 6.04. The molecule has 6 aliphatic rings. The van der Waals surface area contributed by atoms with E-state index >= 15 is 0 Å². The number of hydrogen-bond donors (Lipinski definition) is 0. The lowest BCUT2D eigenvalue weighted by molar-refractivity contribution is 1.49. The van der Waals surface area contributed by atoms with Crippen molar-refractivity contribution in [2.24, 2.45) is 49.9 Å². The van der Waals surface area contributed by atoms with Gasteiger partial charge in [-0.2, -0.15) is 0 Å². The van der Waals surface area contributed by atoms with Crippen molar-refractivity contribution >= 4 is 58.4 Å². The Hall–Kier alpha value is -7.20. The van der Waals surface area contributed by atoms with Crippen molar-refractivity contribution in [3.63, 3.8) is 0 Å². The maximum absolute atomic E-state index is 5.02. The quantitative estimate of drug-likeness (QED) is 0.196. The second kappa shape index (κ2) is 10.1. The molecular weight excluding hydrogens is 621 g/mol. The summed E-state index contributed by atoms with van der Waals surface area (Å²) in [6, 6.07) is 39.7. The van der Waals surface area contributed by atoms with Gasteiger partial charge in [-0.05, 0) is 0 Å². The summed E-state index contributed by atoms with van der Waals surface area (Å²) in [4.78, 5) is 49.9. The van der Waals surface area contributed by atoms with Crippen LogP contribution in [-0.2, 0) is 0 Å². The molecule has 0 amide bonds. The van der Waals surface area contributed by atoms with E-state index in [4.69, 9.17) is 49.9 Å². The van der Waals surface area contributed by atoms with Gasteiger partial charge in [0.15, 0.2) is 58.4 Å². The van der Waals surface area contributed by atoms with Gasteiger partial charge in [-0.25, -0.2) is 49.9 Å². The van der Waals surface area contributed by atoms with Crippen LogP contribution < -0.4 is 0 Å². The third kappa shape index (κ3) is 3.96. The number of amidine groups is 10. The van der Waals surface area contributed by atoms with Crippen LogP contribution >= 0.6 is 0 Å². The Morgan fingerprint density at radius 2 is 0.260 bits per heavy atom. The molecule has 0 spiro atoms. The van der Waals surface area contributed by atoms with Gasteiger partial charge in [0.1, 0.15) is 0 Å². The van der Waals surface area contributed by atoms with Crippen LogP contribution in [0.2, 0.25) is 0 Å². The normalized spacial score (nSPS) is 17.2. The van der Waals surface area contributed by atoms with Gasteiger partial charge in [0.25, 0.3) is 0 Å². The Bertz CT molecular complexity index is 2290. The first kappa shape index (κ1) is 26.8. The largest absolute Gasteiger partial charge is 0.208 e. The summed E-state index contributed by atoms with van der Waals surface area (Å²) in [7, 11) is 0. The maximum Gasteiger partial charge on any atom is 0.164 e. The average Bonchev–Trinajstić information content (AvgIpc) is 3.96. The fraction of sp³-hybridized carbons (Fsp3) is 0. The maximum atomic E-state index is 5.02. The summed E-state index contributed by atoms with van der Waals surface area (Å²) >= 11 is 0. The highest BCUT2D eigenvalue weighted by atomic mass is 15.1. The fourth-order valence-corrected chi connectivity index (χ4v) is 6.82. The summed E-state index contributed by atoms with van der Waals surface area (Å²) in [5.74, 6) is 5.16. The van der Waals surface area contributed by atoms with Crippen LogP contribution in [0.5, 0.6) is 0 Å². The van der Waals surface area contributed by atoms with E-state index in [-0.39, 0.29) is 0 Å². The average molecular weight is 641 g/mol. The second-order valence-electron chi connectivity index (χ2n) is 12.1. The van der Waals surface area contributed by atoms with Crippen molar-refractivity contribution < 1.29 is 0 Å². The number of benzene rings is 5. The summed E-state index contributed by atoms with van der Waals surface area (Å²) in [5, 5.41) is 0. The predicted molar refractivity (Wildman–Crippen MR) is 198 cm³/mol. The SMILES string of the molecule is c1ccc2c(c1)C1=NC2=NC2=NC(=NC3=NC(=NC4=NC(=NC5=NC(=N1)c1ccccc15)c1ccccc14)c1ccccc13)c1ccccc12. The molecule has 0 atom stereocenters. The number of fused-ring (bicyclic) bond motifs is 20. The molecular formula is C40H20N10. The topological polar surface area (TPSA) is 124 Å². The van der Waals surface area contributed by atoms with Gasteiger partial charge >= 0.3 is 0 Å². The molecule has 11 rings (SSSR count). The highest BCUT2D eigenvalue weighted by molar-refractivity contribution is 6.36. The van der Waals surface area contributed by atoms with Gasteiger partial charge in [-0.3, -0.25) is 0 Å². The first-order valence-electron chi connectivity index (χ1n) is 16.1. The smallest absolute Gasteiger partial charge is 0.164 e. The first-order valence-corrected chi connectivity index (χ1v) is 16.1. The van der Waals surface area contributed by atoms with E-state index in [2.05, 4.69) is 0 Å². The van der Waals surface area contributed by atoms with E-state index in [1.54, 1.807) is 0 Å². The van der Waals surface area contributed by atoms with Crippen LogP contribution in [0.15, 0.2) is 171 Å². The zero-order valence-corrected chi connectivity index (χ0v) is 26.0. The highest BCUT2D eigenvalue weighted by Crippen LogP contribution is 2.30. The van der Waals surface area contributed by atoms with Crippen LogP contribution in [0.4, 0.5) is 0 Å². The van der Waals surface area contributed by atoms with Gasteiger partial charge in [0.2, 0.25) is 0 Å². The van der Waals surface area contributed by atoms with Gasteiger partial charge < -0.3 is 0 Å². The van der Waals surface area contributed by atoms with E-state index in [1.807, 2.05) is 121 Å². The number of hydrogen-bond acceptors (Lipinski definition) is 10. The van der Waals surface area contributed by atoms with E-state index < -0.39 is 0 Å². The molecule has 6 heterocycles. The van der Waals surface area contributed by atoms with Crippen molar-refractivity contribution in [1.29, 1.82) is 0 Å². The van der Waals surface area contributed by atoms with Crippen molar-refractivity contribution in [2.45, 2.75) is 0 Å². The molecule has 0 aliphatic carbocycles. The number of aliphatic imine (C=N–C) groups is 10. The molecule has 0 radical (unpaired) electrons. The highest BCUT2D eigenvalue weighted by Gasteiger charge is 2.31. The summed E-state index contributed by atoms with van der Waals surface area (Å²) in [5.41, 5.74) is 8.60. The Balaban J connectivity index is 1.20. The molecule has 230 valence electrons. The van der Waals surface area contributed by atoms with Crippen LogP contribution in [-0.4, -0.2) is 58.4 Å². The van der Waals surface area contributed by atoms with Gasteiger partial charge in [0.05, 0.1) is 0 Å². The first-order chi connectivity index (χ1) is 24.7. The summed E-state index contributed by atoms with van der Waals surface area (Å²) in [6.45, 7) is 0. The Morgan fingerprint density at radius 1 is 0.160 bits per heavy atom. The van der Waals surface area contributed by atoms with E-state index in [0.29, 0.717) is 58.4 Å². The third-order valence-electron chi connectivity index (χ3n) is 9.16. The Morgan fingerprint density at radius 3 is 0.360 bits per heavy atom. The minimum atomic E-state index is 0.516. The molecule has 0 saturated carbocycles. The third-order valence-corrected chi connectivity index (χ3v) is 9.16.